The molecule has 38 valence electrons. The van der Waals surface area contributed by atoms with E-state index in [1.165, 1.54) is 6.08 Å². The summed E-state index contributed by atoms with van der Waals surface area (Å²) in [6.07, 6.45) is 1.12. The molecule has 2 heteroatoms. The molecule has 0 spiro atoms. The predicted molar refractivity (Wildman–Crippen MR) is 32.3 cm³/mol. The van der Waals surface area contributed by atoms with Crippen molar-refractivity contribution < 1.29 is 5.11 Å². The van der Waals surface area contributed by atoms with Gasteiger partial charge in [0.1, 0.15) is 0 Å². The highest BCUT2D eigenvalue weighted by atomic mass is 32.1. The molecular formula is C4H10OS. The third-order valence-electron chi connectivity index (χ3n) is 0.341. The molecule has 1 atom stereocenters. The topological polar surface area (TPSA) is 20.2 Å². The van der Waals surface area contributed by atoms with Crippen molar-refractivity contribution in [3.05, 3.63) is 12.7 Å². The van der Waals surface area contributed by atoms with E-state index in [1.54, 1.807) is 6.92 Å². The van der Waals surface area contributed by atoms with Crippen LogP contribution in [-0.2, 0) is 0 Å². The first kappa shape index (κ1) is 9.41. The smallest absolute Gasteiger partial charge is 0.0690 e. The zero-order valence-corrected chi connectivity index (χ0v) is 4.81. The lowest BCUT2D eigenvalue weighted by molar-refractivity contribution is 0.244. The number of rotatable bonds is 1. The summed E-state index contributed by atoms with van der Waals surface area (Å²) in [7, 11) is 0. The maximum absolute atomic E-state index is 8.24. The van der Waals surface area contributed by atoms with Crippen LogP contribution in [0.25, 0.3) is 0 Å². The molecule has 0 radical (unpaired) electrons. The van der Waals surface area contributed by atoms with E-state index in [9.17, 15) is 0 Å². The van der Waals surface area contributed by atoms with Crippen LogP contribution < -0.4 is 0 Å². The number of aliphatic hydroxyl groups excluding tert-OH is 1. The molecule has 0 aliphatic carbocycles. The van der Waals surface area contributed by atoms with Crippen molar-refractivity contribution in [3.63, 3.8) is 0 Å². The molecule has 0 fully saturated rings. The van der Waals surface area contributed by atoms with Crippen molar-refractivity contribution in [2.75, 3.05) is 0 Å². The van der Waals surface area contributed by atoms with E-state index in [0.717, 1.165) is 0 Å². The van der Waals surface area contributed by atoms with E-state index in [-0.39, 0.29) is 19.6 Å². The summed E-state index contributed by atoms with van der Waals surface area (Å²) in [4.78, 5) is 0. The van der Waals surface area contributed by atoms with Crippen LogP contribution >= 0.6 is 13.5 Å². The maximum atomic E-state index is 8.24. The van der Waals surface area contributed by atoms with Gasteiger partial charge in [-0.25, -0.2) is 0 Å². The summed E-state index contributed by atoms with van der Waals surface area (Å²) in [5, 5.41) is 8.24. The van der Waals surface area contributed by atoms with Gasteiger partial charge in [0.05, 0.1) is 6.10 Å². The minimum Gasteiger partial charge on any atom is -0.389 e. The van der Waals surface area contributed by atoms with E-state index < -0.39 is 0 Å². The van der Waals surface area contributed by atoms with E-state index in [2.05, 4.69) is 6.58 Å². The van der Waals surface area contributed by atoms with Gasteiger partial charge in [-0.05, 0) is 6.92 Å². The van der Waals surface area contributed by atoms with Crippen molar-refractivity contribution in [2.45, 2.75) is 13.0 Å². The predicted octanol–water partition coefficient (Wildman–Crippen LogP) is 0.666. The summed E-state index contributed by atoms with van der Waals surface area (Å²) in [5.74, 6) is 0. The molecule has 0 unspecified atom stereocenters. The molecule has 0 aromatic carbocycles. The third kappa shape index (κ3) is 8.96. The van der Waals surface area contributed by atoms with Crippen LogP contribution in [0.4, 0.5) is 0 Å². The summed E-state index contributed by atoms with van der Waals surface area (Å²) in [5.41, 5.74) is 0. The summed E-state index contributed by atoms with van der Waals surface area (Å²) < 4.78 is 0. The first-order valence-corrected chi connectivity index (χ1v) is 1.58. The van der Waals surface area contributed by atoms with Crippen LogP contribution in [0, 0.1) is 0 Å². The summed E-state index contributed by atoms with van der Waals surface area (Å²) in [6, 6.07) is 0. The third-order valence-corrected chi connectivity index (χ3v) is 0.341. The first-order chi connectivity index (χ1) is 2.27. The molecule has 6 heavy (non-hydrogen) atoms. The van der Waals surface area contributed by atoms with Gasteiger partial charge in [-0.2, -0.15) is 13.5 Å². The van der Waals surface area contributed by atoms with E-state index in [4.69, 9.17) is 5.11 Å². The van der Waals surface area contributed by atoms with Gasteiger partial charge in [0.2, 0.25) is 0 Å². The van der Waals surface area contributed by atoms with Crippen LogP contribution in [-0.4, -0.2) is 11.2 Å². The van der Waals surface area contributed by atoms with Gasteiger partial charge in [-0.15, -0.1) is 6.58 Å². The summed E-state index contributed by atoms with van der Waals surface area (Å²) in [6.45, 7) is 4.97. The normalized spacial score (nSPS) is 11.7. The summed E-state index contributed by atoms with van der Waals surface area (Å²) >= 11 is 0. The second kappa shape index (κ2) is 5.05. The van der Waals surface area contributed by atoms with Crippen LogP contribution in [0.2, 0.25) is 0 Å². The van der Waals surface area contributed by atoms with Gasteiger partial charge >= 0.3 is 0 Å². The lowest BCUT2D eigenvalue weighted by Crippen LogP contribution is -1.88. The van der Waals surface area contributed by atoms with Gasteiger partial charge < -0.3 is 5.11 Å². The highest BCUT2D eigenvalue weighted by molar-refractivity contribution is 7.59. The highest BCUT2D eigenvalue weighted by Crippen LogP contribution is 1.73. The molecule has 0 aromatic rings. The lowest BCUT2D eigenvalue weighted by atomic mass is 10.4. The molecule has 0 heterocycles. The molecule has 1 nitrogen and oxygen atoms in total. The molecule has 0 aromatic heterocycles. The Morgan fingerprint density at radius 1 is 1.83 bits per heavy atom. The molecule has 0 aliphatic heterocycles. The molecule has 0 saturated heterocycles. The second-order valence-corrected chi connectivity index (χ2v) is 0.976. The molecule has 0 bridgehead atoms. The molecule has 0 rings (SSSR count). The Balaban J connectivity index is 0. The SMILES string of the molecule is C=C[C@H](C)O.S. The first-order valence-electron chi connectivity index (χ1n) is 1.58. The quantitative estimate of drug-likeness (QED) is 0.487. The highest BCUT2D eigenvalue weighted by Gasteiger charge is 1.75. The molecular weight excluding hydrogens is 96.1 g/mol. The van der Waals surface area contributed by atoms with E-state index >= 15 is 0 Å². The minimum absolute atomic E-state index is 0. The van der Waals surface area contributed by atoms with Crippen LogP contribution in [0.5, 0.6) is 0 Å². The fourth-order valence-electron chi connectivity index (χ4n) is 0. The molecule has 0 aliphatic rings. The Kier molecular flexibility index (Phi) is 7.92. The van der Waals surface area contributed by atoms with E-state index in [1.807, 2.05) is 0 Å². The number of hydrogen-bond acceptors (Lipinski definition) is 1. The standard InChI is InChI=1S/C4H8O.H2S/c1-3-4(2)5;/h3-5H,1H2,2H3;1H2/t4-;/m0./s1. The van der Waals surface area contributed by atoms with Crippen LogP contribution in [0.1, 0.15) is 6.92 Å². The van der Waals surface area contributed by atoms with Crippen molar-refractivity contribution in [3.8, 4) is 0 Å². The zero-order valence-electron chi connectivity index (χ0n) is 3.81. The Morgan fingerprint density at radius 2 is 2.00 bits per heavy atom. The monoisotopic (exact) mass is 106 g/mol. The second-order valence-electron chi connectivity index (χ2n) is 0.976. The van der Waals surface area contributed by atoms with Gasteiger partial charge in [0.15, 0.2) is 0 Å². The van der Waals surface area contributed by atoms with Gasteiger partial charge in [0, 0.05) is 0 Å². The molecule has 0 amide bonds. The van der Waals surface area contributed by atoms with E-state index in [0.29, 0.717) is 0 Å². The molecule has 1 N–H and O–H groups in total. The Bertz CT molecular complexity index is 34.5. The van der Waals surface area contributed by atoms with Crippen molar-refractivity contribution >= 4 is 13.5 Å². The van der Waals surface area contributed by atoms with Crippen molar-refractivity contribution in [2.24, 2.45) is 0 Å². The zero-order chi connectivity index (χ0) is 4.28. The largest absolute Gasteiger partial charge is 0.389 e. The maximum Gasteiger partial charge on any atom is 0.0690 e. The Morgan fingerprint density at radius 3 is 2.00 bits per heavy atom. The lowest BCUT2D eigenvalue weighted by Gasteiger charge is -1.84. The number of hydrogen-bond donors (Lipinski definition) is 1. The van der Waals surface area contributed by atoms with Crippen LogP contribution in [0.15, 0.2) is 12.7 Å². The van der Waals surface area contributed by atoms with Crippen molar-refractivity contribution in [1.82, 2.24) is 0 Å². The van der Waals surface area contributed by atoms with Gasteiger partial charge in [-0.3, -0.25) is 0 Å². The van der Waals surface area contributed by atoms with Crippen molar-refractivity contribution in [1.29, 1.82) is 0 Å². The van der Waals surface area contributed by atoms with Gasteiger partial charge in [-0.1, -0.05) is 6.08 Å². The fourth-order valence-corrected chi connectivity index (χ4v) is 0. The average Bonchev–Trinajstić information content (AvgIpc) is 1.38. The minimum atomic E-state index is -0.352. The fraction of sp³-hybridized carbons (Fsp3) is 0.500. The van der Waals surface area contributed by atoms with Gasteiger partial charge in [0.25, 0.3) is 0 Å². The molecule has 0 saturated carbocycles. The Hall–Kier alpha value is 0.0500. The van der Waals surface area contributed by atoms with Crippen LogP contribution in [0.3, 0.4) is 0 Å². The average molecular weight is 106 g/mol. The number of aliphatic hydroxyl groups is 1. The Labute approximate surface area is 45.1 Å².